The lowest BCUT2D eigenvalue weighted by atomic mass is 9.91. The summed E-state index contributed by atoms with van der Waals surface area (Å²) in [4.78, 5) is 28.9. The zero-order valence-electron chi connectivity index (χ0n) is 16.5. The van der Waals surface area contributed by atoms with E-state index in [9.17, 15) is 9.59 Å². The monoisotopic (exact) mass is 386 g/mol. The third-order valence-corrected chi connectivity index (χ3v) is 5.48. The van der Waals surface area contributed by atoms with Gasteiger partial charge in [-0.2, -0.15) is 0 Å². The molecule has 1 aromatic carbocycles. The fraction of sp³-hybridized carbons (Fsp3) is 0.545. The smallest absolute Gasteiger partial charge is 0.253 e. The molecule has 0 N–H and O–H groups in total. The third kappa shape index (κ3) is 5.58. The molecule has 6 heteroatoms. The highest BCUT2D eigenvalue weighted by molar-refractivity contribution is 5.94. The lowest BCUT2D eigenvalue weighted by Crippen LogP contribution is -2.41. The van der Waals surface area contributed by atoms with Gasteiger partial charge in [0.05, 0.1) is 13.2 Å². The van der Waals surface area contributed by atoms with Crippen molar-refractivity contribution in [2.75, 3.05) is 46.0 Å². The van der Waals surface area contributed by atoms with E-state index in [2.05, 4.69) is 6.58 Å². The first-order chi connectivity index (χ1) is 13.7. The van der Waals surface area contributed by atoms with Crippen LogP contribution in [0.25, 0.3) is 0 Å². The molecular weight excluding hydrogens is 356 g/mol. The van der Waals surface area contributed by atoms with Crippen LogP contribution in [-0.4, -0.2) is 67.6 Å². The summed E-state index contributed by atoms with van der Waals surface area (Å²) in [6, 6.07) is 7.31. The normalized spacial score (nSPS) is 18.0. The van der Waals surface area contributed by atoms with Gasteiger partial charge in [-0.1, -0.05) is 18.7 Å². The van der Waals surface area contributed by atoms with Crippen molar-refractivity contribution in [3.8, 4) is 5.75 Å². The van der Waals surface area contributed by atoms with Gasteiger partial charge in [-0.3, -0.25) is 9.59 Å². The fourth-order valence-electron chi connectivity index (χ4n) is 3.78. The Kier molecular flexibility index (Phi) is 7.48. The first-order valence-electron chi connectivity index (χ1n) is 10.2. The summed E-state index contributed by atoms with van der Waals surface area (Å²) in [6.45, 7) is 8.25. The molecule has 2 heterocycles. The standard InChI is InChI=1S/C22H30N2O4/c1-2-14-28-20-5-3-4-19(17-20)22(26)24-10-8-18(9-11-24)6-7-21(25)23-12-15-27-16-13-23/h2-5,17-18H,1,6-16H2. The molecule has 0 spiro atoms. The van der Waals surface area contributed by atoms with Crippen molar-refractivity contribution in [1.82, 2.24) is 9.80 Å². The van der Waals surface area contributed by atoms with E-state index >= 15 is 0 Å². The number of morpholine rings is 1. The Labute approximate surface area is 167 Å². The van der Waals surface area contributed by atoms with Crippen molar-refractivity contribution in [2.45, 2.75) is 25.7 Å². The lowest BCUT2D eigenvalue weighted by Gasteiger charge is -2.33. The van der Waals surface area contributed by atoms with Crippen LogP contribution in [0.4, 0.5) is 0 Å². The molecule has 152 valence electrons. The van der Waals surface area contributed by atoms with Gasteiger partial charge in [0.2, 0.25) is 5.91 Å². The molecule has 2 amide bonds. The van der Waals surface area contributed by atoms with Crippen molar-refractivity contribution < 1.29 is 19.1 Å². The van der Waals surface area contributed by atoms with Gasteiger partial charge in [-0.15, -0.1) is 0 Å². The second-order valence-corrected chi connectivity index (χ2v) is 7.39. The molecule has 0 aliphatic carbocycles. The molecule has 1 aromatic rings. The number of carbonyl (C=O) groups excluding carboxylic acids is 2. The lowest BCUT2D eigenvalue weighted by molar-refractivity contribution is -0.135. The second kappa shape index (κ2) is 10.3. The largest absolute Gasteiger partial charge is 0.490 e. The zero-order valence-corrected chi connectivity index (χ0v) is 16.5. The molecule has 3 rings (SSSR count). The number of nitrogens with zero attached hydrogens (tertiary/aromatic N) is 2. The highest BCUT2D eigenvalue weighted by Crippen LogP contribution is 2.24. The van der Waals surface area contributed by atoms with Crippen molar-refractivity contribution in [2.24, 2.45) is 5.92 Å². The van der Waals surface area contributed by atoms with Crippen LogP contribution in [0.15, 0.2) is 36.9 Å². The molecule has 2 fully saturated rings. The van der Waals surface area contributed by atoms with Gasteiger partial charge in [0.25, 0.3) is 5.91 Å². The third-order valence-electron chi connectivity index (χ3n) is 5.48. The van der Waals surface area contributed by atoms with Crippen molar-refractivity contribution >= 4 is 11.8 Å². The Bertz CT molecular complexity index is 677. The summed E-state index contributed by atoms with van der Waals surface area (Å²) in [5.41, 5.74) is 0.655. The number of rotatable bonds is 7. The zero-order chi connectivity index (χ0) is 19.8. The maximum atomic E-state index is 12.8. The topological polar surface area (TPSA) is 59.1 Å². The second-order valence-electron chi connectivity index (χ2n) is 7.39. The molecule has 2 saturated heterocycles. The van der Waals surface area contributed by atoms with E-state index in [0.29, 0.717) is 56.6 Å². The Hall–Kier alpha value is -2.34. The van der Waals surface area contributed by atoms with Crippen LogP contribution >= 0.6 is 0 Å². The van der Waals surface area contributed by atoms with E-state index < -0.39 is 0 Å². The predicted molar refractivity (Wildman–Crippen MR) is 107 cm³/mol. The van der Waals surface area contributed by atoms with Crippen LogP contribution in [0, 0.1) is 5.92 Å². The summed E-state index contributed by atoms with van der Waals surface area (Å²) < 4.78 is 10.8. The minimum Gasteiger partial charge on any atom is -0.490 e. The number of carbonyl (C=O) groups is 2. The summed E-state index contributed by atoms with van der Waals surface area (Å²) in [5.74, 6) is 1.48. The molecule has 0 saturated carbocycles. The number of hydrogen-bond acceptors (Lipinski definition) is 4. The van der Waals surface area contributed by atoms with Gasteiger partial charge in [0.15, 0.2) is 0 Å². The molecule has 0 unspecified atom stereocenters. The van der Waals surface area contributed by atoms with Crippen molar-refractivity contribution in [3.63, 3.8) is 0 Å². The number of piperidine rings is 1. The number of amides is 2. The van der Waals surface area contributed by atoms with Gasteiger partial charge in [0.1, 0.15) is 12.4 Å². The first-order valence-corrected chi connectivity index (χ1v) is 10.2. The summed E-state index contributed by atoms with van der Waals surface area (Å²) >= 11 is 0. The minimum absolute atomic E-state index is 0.0481. The summed E-state index contributed by atoms with van der Waals surface area (Å²) in [7, 11) is 0. The average Bonchev–Trinajstić information content (AvgIpc) is 2.76. The number of likely N-dealkylation sites (tertiary alicyclic amines) is 1. The maximum absolute atomic E-state index is 12.8. The Morgan fingerprint density at radius 2 is 1.89 bits per heavy atom. The van der Waals surface area contributed by atoms with Gasteiger partial charge in [-0.05, 0) is 43.4 Å². The first kappa shape index (κ1) is 20.4. The molecule has 2 aliphatic rings. The van der Waals surface area contributed by atoms with Gasteiger partial charge >= 0.3 is 0 Å². The van der Waals surface area contributed by atoms with Crippen LogP contribution in [0.2, 0.25) is 0 Å². The van der Waals surface area contributed by atoms with Gasteiger partial charge in [0, 0.05) is 38.2 Å². The highest BCUT2D eigenvalue weighted by atomic mass is 16.5. The Morgan fingerprint density at radius 3 is 2.61 bits per heavy atom. The molecule has 2 aliphatic heterocycles. The summed E-state index contributed by atoms with van der Waals surface area (Å²) in [6.07, 6.45) is 5.09. The molecule has 0 atom stereocenters. The van der Waals surface area contributed by atoms with Gasteiger partial charge < -0.3 is 19.3 Å². The molecule has 0 bridgehead atoms. The van der Waals surface area contributed by atoms with Crippen LogP contribution < -0.4 is 4.74 Å². The SMILES string of the molecule is C=CCOc1cccc(C(=O)N2CCC(CCC(=O)N3CCOCC3)CC2)c1. The Morgan fingerprint density at radius 1 is 1.14 bits per heavy atom. The van der Waals surface area contributed by atoms with E-state index in [1.165, 1.54) is 0 Å². The number of benzene rings is 1. The maximum Gasteiger partial charge on any atom is 0.253 e. The van der Waals surface area contributed by atoms with E-state index in [1.807, 2.05) is 28.0 Å². The fourth-order valence-corrected chi connectivity index (χ4v) is 3.78. The van der Waals surface area contributed by atoms with Crippen molar-refractivity contribution in [1.29, 1.82) is 0 Å². The predicted octanol–water partition coefficient (Wildman–Crippen LogP) is 2.74. The number of ether oxygens (including phenoxy) is 2. The van der Waals surface area contributed by atoms with Crippen LogP contribution in [0.1, 0.15) is 36.0 Å². The quantitative estimate of drug-likeness (QED) is 0.676. The number of hydrogen-bond donors (Lipinski definition) is 0. The molecule has 28 heavy (non-hydrogen) atoms. The van der Waals surface area contributed by atoms with Gasteiger partial charge in [-0.25, -0.2) is 0 Å². The molecule has 6 nitrogen and oxygen atoms in total. The molecule has 0 aromatic heterocycles. The van der Waals surface area contributed by atoms with E-state index in [1.54, 1.807) is 12.1 Å². The average molecular weight is 386 g/mol. The van der Waals surface area contributed by atoms with E-state index in [0.717, 1.165) is 32.4 Å². The Balaban J connectivity index is 1.43. The van der Waals surface area contributed by atoms with E-state index in [-0.39, 0.29) is 11.8 Å². The molecule has 0 radical (unpaired) electrons. The van der Waals surface area contributed by atoms with Crippen molar-refractivity contribution in [3.05, 3.63) is 42.5 Å². The molecular formula is C22H30N2O4. The van der Waals surface area contributed by atoms with E-state index in [4.69, 9.17) is 9.47 Å². The highest BCUT2D eigenvalue weighted by Gasteiger charge is 2.25. The minimum atomic E-state index is 0.0481. The van der Waals surface area contributed by atoms with Crippen LogP contribution in [0.5, 0.6) is 5.75 Å². The summed E-state index contributed by atoms with van der Waals surface area (Å²) in [5, 5.41) is 0. The van der Waals surface area contributed by atoms with Crippen LogP contribution in [-0.2, 0) is 9.53 Å². The van der Waals surface area contributed by atoms with Crippen LogP contribution in [0.3, 0.4) is 0 Å².